The molecule has 1 saturated heterocycles. The highest BCUT2D eigenvalue weighted by Crippen LogP contribution is 2.17. The average Bonchev–Trinajstić information content (AvgIpc) is 2.47. The molecule has 1 aliphatic heterocycles. The van der Waals surface area contributed by atoms with Crippen LogP contribution in [0.3, 0.4) is 0 Å². The molecular formula is C16H20O3. The Balaban J connectivity index is 1.81. The second kappa shape index (κ2) is 7.83. The van der Waals surface area contributed by atoms with E-state index in [0.717, 1.165) is 38.2 Å². The molecule has 0 bridgehead atoms. The van der Waals surface area contributed by atoms with E-state index in [2.05, 4.69) is 24.0 Å². The van der Waals surface area contributed by atoms with Crippen molar-refractivity contribution in [3.05, 3.63) is 29.8 Å². The van der Waals surface area contributed by atoms with Gasteiger partial charge in [0.15, 0.2) is 6.29 Å². The van der Waals surface area contributed by atoms with Crippen LogP contribution in [0, 0.1) is 11.8 Å². The Morgan fingerprint density at radius 2 is 2.16 bits per heavy atom. The van der Waals surface area contributed by atoms with E-state index in [1.807, 2.05) is 19.1 Å². The molecule has 3 nitrogen and oxygen atoms in total. The fourth-order valence-corrected chi connectivity index (χ4v) is 1.97. The van der Waals surface area contributed by atoms with Crippen molar-refractivity contribution in [2.45, 2.75) is 32.5 Å². The van der Waals surface area contributed by atoms with Gasteiger partial charge in [0.25, 0.3) is 0 Å². The summed E-state index contributed by atoms with van der Waals surface area (Å²) in [5.74, 6) is 6.57. The molecule has 0 aliphatic carbocycles. The van der Waals surface area contributed by atoms with Crippen LogP contribution in [0.2, 0.25) is 0 Å². The molecular weight excluding hydrogens is 240 g/mol. The molecule has 0 N–H and O–H groups in total. The smallest absolute Gasteiger partial charge is 0.157 e. The van der Waals surface area contributed by atoms with Crippen molar-refractivity contribution in [3.63, 3.8) is 0 Å². The van der Waals surface area contributed by atoms with E-state index >= 15 is 0 Å². The van der Waals surface area contributed by atoms with E-state index in [0.29, 0.717) is 6.61 Å². The summed E-state index contributed by atoms with van der Waals surface area (Å²) in [5, 5.41) is 0. The molecule has 0 aromatic heterocycles. The third-order valence-electron chi connectivity index (χ3n) is 2.95. The lowest BCUT2D eigenvalue weighted by atomic mass is 10.1. The van der Waals surface area contributed by atoms with Gasteiger partial charge in [-0.3, -0.25) is 0 Å². The topological polar surface area (TPSA) is 27.7 Å². The summed E-state index contributed by atoms with van der Waals surface area (Å²) in [6.45, 7) is 3.87. The fourth-order valence-electron chi connectivity index (χ4n) is 1.97. The Hall–Kier alpha value is -1.50. The zero-order chi connectivity index (χ0) is 13.3. The van der Waals surface area contributed by atoms with Gasteiger partial charge in [-0.05, 0) is 37.5 Å². The van der Waals surface area contributed by atoms with Crippen molar-refractivity contribution in [1.29, 1.82) is 0 Å². The van der Waals surface area contributed by atoms with Gasteiger partial charge in [-0.15, -0.1) is 5.92 Å². The molecule has 2 rings (SSSR count). The first-order chi connectivity index (χ1) is 9.38. The Bertz CT molecular complexity index is 439. The van der Waals surface area contributed by atoms with Crippen molar-refractivity contribution < 1.29 is 14.2 Å². The Morgan fingerprint density at radius 1 is 1.32 bits per heavy atom. The van der Waals surface area contributed by atoms with Crippen molar-refractivity contribution in [1.82, 2.24) is 0 Å². The summed E-state index contributed by atoms with van der Waals surface area (Å²) in [6.07, 6.45) is 2.77. The summed E-state index contributed by atoms with van der Waals surface area (Å²) in [5.41, 5.74) is 1.24. The molecule has 0 spiro atoms. The van der Waals surface area contributed by atoms with E-state index in [1.165, 1.54) is 5.56 Å². The zero-order valence-electron chi connectivity index (χ0n) is 11.4. The fraction of sp³-hybridized carbons (Fsp3) is 0.500. The summed E-state index contributed by atoms with van der Waals surface area (Å²) >= 11 is 0. The minimum atomic E-state index is -0.0516. The Labute approximate surface area is 114 Å². The molecule has 0 unspecified atom stereocenters. The summed E-state index contributed by atoms with van der Waals surface area (Å²) in [6, 6.07) is 8.11. The third-order valence-corrected chi connectivity index (χ3v) is 2.95. The van der Waals surface area contributed by atoms with Gasteiger partial charge >= 0.3 is 0 Å². The number of rotatable bonds is 5. The lowest BCUT2D eigenvalue weighted by Gasteiger charge is -2.23. The normalized spacial score (nSPS) is 15.6. The summed E-state index contributed by atoms with van der Waals surface area (Å²) in [4.78, 5) is 0. The van der Waals surface area contributed by atoms with Gasteiger partial charge in [0.05, 0.1) is 13.2 Å². The molecule has 1 aliphatic rings. The first kappa shape index (κ1) is 13.9. The summed E-state index contributed by atoms with van der Waals surface area (Å²) < 4.78 is 16.6. The second-order valence-electron chi connectivity index (χ2n) is 4.43. The first-order valence-electron chi connectivity index (χ1n) is 6.73. The number of benzene rings is 1. The predicted molar refractivity (Wildman–Crippen MR) is 74.0 cm³/mol. The maximum absolute atomic E-state index is 5.54. The molecule has 0 saturated carbocycles. The van der Waals surface area contributed by atoms with Crippen LogP contribution in [-0.2, 0) is 15.9 Å². The van der Waals surface area contributed by atoms with Gasteiger partial charge in [-0.25, -0.2) is 0 Å². The first-order valence-corrected chi connectivity index (χ1v) is 6.73. The number of hydrogen-bond acceptors (Lipinski definition) is 3. The maximum Gasteiger partial charge on any atom is 0.157 e. The minimum absolute atomic E-state index is 0.0516. The molecule has 1 heterocycles. The zero-order valence-corrected chi connectivity index (χ0v) is 11.4. The van der Waals surface area contributed by atoms with E-state index in [4.69, 9.17) is 14.2 Å². The third kappa shape index (κ3) is 4.94. The maximum atomic E-state index is 5.54. The largest absolute Gasteiger partial charge is 0.481 e. The van der Waals surface area contributed by atoms with Crippen LogP contribution in [0.25, 0.3) is 0 Å². The van der Waals surface area contributed by atoms with E-state index in [9.17, 15) is 0 Å². The minimum Gasteiger partial charge on any atom is -0.481 e. The summed E-state index contributed by atoms with van der Waals surface area (Å²) in [7, 11) is 0. The molecule has 0 radical (unpaired) electrons. The van der Waals surface area contributed by atoms with Crippen molar-refractivity contribution in [2.75, 3.05) is 19.8 Å². The molecule has 1 aromatic rings. The molecule has 1 aromatic carbocycles. The molecule has 0 amide bonds. The lowest BCUT2D eigenvalue weighted by molar-refractivity contribution is -0.180. The average molecular weight is 260 g/mol. The van der Waals surface area contributed by atoms with E-state index in [1.54, 1.807) is 0 Å². The number of hydrogen-bond donors (Lipinski definition) is 0. The van der Waals surface area contributed by atoms with Crippen LogP contribution in [0.5, 0.6) is 5.75 Å². The van der Waals surface area contributed by atoms with Crippen LogP contribution in [0.15, 0.2) is 24.3 Å². The van der Waals surface area contributed by atoms with Gasteiger partial charge in [-0.2, -0.15) is 0 Å². The number of aryl methyl sites for hydroxylation is 1. The van der Waals surface area contributed by atoms with Gasteiger partial charge in [0, 0.05) is 6.42 Å². The van der Waals surface area contributed by atoms with Gasteiger partial charge in [-0.1, -0.05) is 18.1 Å². The highest BCUT2D eigenvalue weighted by Gasteiger charge is 2.13. The molecule has 3 heteroatoms. The van der Waals surface area contributed by atoms with E-state index in [-0.39, 0.29) is 6.29 Å². The van der Waals surface area contributed by atoms with Crippen LogP contribution >= 0.6 is 0 Å². The van der Waals surface area contributed by atoms with Crippen molar-refractivity contribution in [2.24, 2.45) is 0 Å². The SMILES string of the molecule is CC#CCOc1cccc(CCC2OCCCO2)c1. The van der Waals surface area contributed by atoms with Gasteiger partial charge in [0.1, 0.15) is 12.4 Å². The molecule has 0 atom stereocenters. The standard InChI is InChI=1S/C16H20O3/c1-2-3-10-17-15-7-4-6-14(13-15)8-9-16-18-11-5-12-19-16/h4,6-7,13,16H,5,8-12H2,1H3. The molecule has 1 fully saturated rings. The van der Waals surface area contributed by atoms with Crippen LogP contribution in [0.4, 0.5) is 0 Å². The van der Waals surface area contributed by atoms with Crippen molar-refractivity contribution in [3.8, 4) is 17.6 Å². The Morgan fingerprint density at radius 3 is 2.95 bits per heavy atom. The van der Waals surface area contributed by atoms with Crippen LogP contribution in [-0.4, -0.2) is 26.1 Å². The van der Waals surface area contributed by atoms with Gasteiger partial charge < -0.3 is 14.2 Å². The second-order valence-corrected chi connectivity index (χ2v) is 4.43. The van der Waals surface area contributed by atoms with Crippen LogP contribution in [0.1, 0.15) is 25.3 Å². The lowest BCUT2D eigenvalue weighted by Crippen LogP contribution is -2.25. The van der Waals surface area contributed by atoms with Crippen LogP contribution < -0.4 is 4.74 Å². The highest BCUT2D eigenvalue weighted by atomic mass is 16.7. The molecule has 19 heavy (non-hydrogen) atoms. The highest BCUT2D eigenvalue weighted by molar-refractivity contribution is 5.29. The van der Waals surface area contributed by atoms with Gasteiger partial charge in [0.2, 0.25) is 0 Å². The number of ether oxygens (including phenoxy) is 3. The quantitative estimate of drug-likeness (QED) is 0.762. The monoisotopic (exact) mass is 260 g/mol. The van der Waals surface area contributed by atoms with E-state index < -0.39 is 0 Å². The Kier molecular flexibility index (Phi) is 5.74. The predicted octanol–water partition coefficient (Wildman–Crippen LogP) is 2.78. The molecule has 102 valence electrons. The van der Waals surface area contributed by atoms with Crippen molar-refractivity contribution >= 4 is 0 Å².